The second-order valence-electron chi connectivity index (χ2n) is 2.09. The fraction of sp³-hybridized carbons (Fsp3) is 0.333. The highest BCUT2D eigenvalue weighted by Crippen LogP contribution is 2.07. The summed E-state index contributed by atoms with van der Waals surface area (Å²) < 4.78 is 27.2. The van der Waals surface area contributed by atoms with Gasteiger partial charge in [-0.15, -0.1) is 0 Å². The SMILES string of the molecule is O=c1[nH]nc(CO)cc1OC(F)F. The molecule has 13 heavy (non-hydrogen) atoms. The number of rotatable bonds is 3. The van der Waals surface area contributed by atoms with Gasteiger partial charge in [0.15, 0.2) is 5.75 Å². The van der Waals surface area contributed by atoms with Gasteiger partial charge in [-0.25, -0.2) is 5.10 Å². The Morgan fingerprint density at radius 1 is 1.69 bits per heavy atom. The van der Waals surface area contributed by atoms with Crippen LogP contribution in [0.25, 0.3) is 0 Å². The lowest BCUT2D eigenvalue weighted by Crippen LogP contribution is -2.16. The monoisotopic (exact) mass is 192 g/mol. The molecule has 0 unspecified atom stereocenters. The molecule has 1 rings (SSSR count). The van der Waals surface area contributed by atoms with Gasteiger partial charge < -0.3 is 9.84 Å². The number of aromatic amines is 1. The number of hydrogen-bond donors (Lipinski definition) is 2. The van der Waals surface area contributed by atoms with Crippen molar-refractivity contribution in [2.75, 3.05) is 0 Å². The van der Waals surface area contributed by atoms with Gasteiger partial charge in [-0.3, -0.25) is 4.79 Å². The molecular weight excluding hydrogens is 186 g/mol. The summed E-state index contributed by atoms with van der Waals surface area (Å²) in [4.78, 5) is 10.8. The van der Waals surface area contributed by atoms with E-state index in [1.165, 1.54) is 0 Å². The summed E-state index contributed by atoms with van der Waals surface area (Å²) in [6, 6.07) is 0.949. The summed E-state index contributed by atoms with van der Waals surface area (Å²) in [6.45, 7) is -3.54. The summed E-state index contributed by atoms with van der Waals surface area (Å²) in [6.07, 6.45) is 0. The van der Waals surface area contributed by atoms with Gasteiger partial charge in [-0.05, 0) is 0 Å². The minimum Gasteiger partial charge on any atom is -0.429 e. The lowest BCUT2D eigenvalue weighted by molar-refractivity contribution is -0.0510. The molecule has 0 bridgehead atoms. The Morgan fingerprint density at radius 2 is 2.38 bits per heavy atom. The van der Waals surface area contributed by atoms with E-state index in [1.54, 1.807) is 0 Å². The molecule has 0 amide bonds. The number of ether oxygens (including phenoxy) is 1. The van der Waals surface area contributed by atoms with Crippen molar-refractivity contribution in [3.8, 4) is 5.75 Å². The molecule has 0 aromatic carbocycles. The Labute approximate surface area is 71.0 Å². The Bertz CT molecular complexity index is 339. The Morgan fingerprint density at radius 3 is 2.92 bits per heavy atom. The van der Waals surface area contributed by atoms with Crippen molar-refractivity contribution in [1.82, 2.24) is 10.2 Å². The molecule has 0 fully saturated rings. The highest BCUT2D eigenvalue weighted by molar-refractivity contribution is 5.18. The lowest BCUT2D eigenvalue weighted by Gasteiger charge is -2.02. The standard InChI is InChI=1S/C6H6F2N2O3/c7-6(8)13-4-1-3(2-11)9-10-5(4)12/h1,6,11H,2H2,(H,10,12). The van der Waals surface area contributed by atoms with E-state index in [4.69, 9.17) is 5.11 Å². The van der Waals surface area contributed by atoms with Crippen LogP contribution < -0.4 is 10.3 Å². The zero-order valence-electron chi connectivity index (χ0n) is 6.33. The molecule has 5 nitrogen and oxygen atoms in total. The molecule has 2 N–H and O–H groups in total. The molecule has 0 aliphatic carbocycles. The van der Waals surface area contributed by atoms with Crippen molar-refractivity contribution >= 4 is 0 Å². The number of nitrogens with one attached hydrogen (secondary N) is 1. The normalized spacial score (nSPS) is 10.5. The molecule has 7 heteroatoms. The van der Waals surface area contributed by atoms with Crippen molar-refractivity contribution in [3.63, 3.8) is 0 Å². The minimum absolute atomic E-state index is 0.0512. The van der Waals surface area contributed by atoms with Crippen molar-refractivity contribution in [2.45, 2.75) is 13.2 Å². The van der Waals surface area contributed by atoms with E-state index < -0.39 is 24.5 Å². The number of aromatic nitrogens is 2. The molecule has 72 valence electrons. The van der Waals surface area contributed by atoms with E-state index >= 15 is 0 Å². The summed E-state index contributed by atoms with van der Waals surface area (Å²) in [5.74, 6) is -0.561. The van der Waals surface area contributed by atoms with Crippen molar-refractivity contribution < 1.29 is 18.6 Å². The predicted molar refractivity (Wildman–Crippen MR) is 37.4 cm³/mol. The first kappa shape index (κ1) is 9.59. The van der Waals surface area contributed by atoms with Crippen molar-refractivity contribution in [3.05, 3.63) is 22.1 Å². The van der Waals surface area contributed by atoms with Crippen molar-refractivity contribution in [1.29, 1.82) is 0 Å². The van der Waals surface area contributed by atoms with Gasteiger partial charge in [0.25, 0.3) is 0 Å². The molecule has 0 aliphatic heterocycles. The largest absolute Gasteiger partial charge is 0.429 e. The Kier molecular flexibility index (Phi) is 2.91. The van der Waals surface area contributed by atoms with Crippen LogP contribution in [0.1, 0.15) is 5.69 Å². The number of aliphatic hydroxyl groups is 1. The summed E-state index contributed by atoms with van der Waals surface area (Å²) >= 11 is 0. The maximum atomic E-state index is 11.7. The van der Waals surface area contributed by atoms with Crippen LogP contribution in [0.4, 0.5) is 8.78 Å². The topological polar surface area (TPSA) is 75.2 Å². The van der Waals surface area contributed by atoms with Crippen molar-refractivity contribution in [2.24, 2.45) is 0 Å². The van der Waals surface area contributed by atoms with E-state index in [1.807, 2.05) is 5.10 Å². The third-order valence-electron chi connectivity index (χ3n) is 1.20. The first-order chi connectivity index (χ1) is 6.13. The van der Waals surface area contributed by atoms with E-state index in [9.17, 15) is 13.6 Å². The average Bonchev–Trinajstić information content (AvgIpc) is 2.08. The zero-order chi connectivity index (χ0) is 9.84. The average molecular weight is 192 g/mol. The van der Waals surface area contributed by atoms with E-state index in [0.717, 1.165) is 6.07 Å². The third kappa shape index (κ3) is 2.48. The van der Waals surface area contributed by atoms with Crippen LogP contribution in [0, 0.1) is 0 Å². The van der Waals surface area contributed by atoms with Crippen LogP contribution in [0.2, 0.25) is 0 Å². The number of alkyl halides is 2. The summed E-state index contributed by atoms with van der Waals surface area (Å²) in [5, 5.41) is 13.8. The predicted octanol–water partition coefficient (Wildman–Crippen LogP) is -0.136. The number of halogens is 2. The van der Waals surface area contributed by atoms with E-state index in [0.29, 0.717) is 0 Å². The minimum atomic E-state index is -3.07. The van der Waals surface area contributed by atoms with Crippen LogP contribution >= 0.6 is 0 Å². The number of hydrogen-bond acceptors (Lipinski definition) is 4. The van der Waals surface area contributed by atoms with Gasteiger partial charge in [0.1, 0.15) is 0 Å². The molecule has 1 aromatic rings. The third-order valence-corrected chi connectivity index (χ3v) is 1.20. The molecule has 1 aromatic heterocycles. The van der Waals surface area contributed by atoms with Crippen LogP contribution in [-0.4, -0.2) is 21.9 Å². The summed E-state index contributed by atoms with van der Waals surface area (Å²) in [7, 11) is 0. The van der Waals surface area contributed by atoms with Gasteiger partial charge in [0.2, 0.25) is 0 Å². The zero-order valence-corrected chi connectivity index (χ0v) is 6.33. The van der Waals surface area contributed by atoms with E-state index in [-0.39, 0.29) is 5.69 Å². The highest BCUT2D eigenvalue weighted by atomic mass is 19.3. The molecule has 0 saturated carbocycles. The van der Waals surface area contributed by atoms with Gasteiger partial charge in [-0.1, -0.05) is 0 Å². The Balaban J connectivity index is 2.97. The first-order valence-corrected chi connectivity index (χ1v) is 3.27. The number of aliphatic hydroxyl groups excluding tert-OH is 1. The van der Waals surface area contributed by atoms with Gasteiger partial charge in [-0.2, -0.15) is 13.9 Å². The maximum absolute atomic E-state index is 11.7. The fourth-order valence-electron chi connectivity index (χ4n) is 0.691. The molecule has 0 aliphatic rings. The second kappa shape index (κ2) is 3.94. The lowest BCUT2D eigenvalue weighted by atomic mass is 10.4. The molecule has 0 saturated heterocycles. The van der Waals surface area contributed by atoms with Crippen LogP contribution in [0.3, 0.4) is 0 Å². The molecular formula is C6H6F2N2O3. The molecule has 1 heterocycles. The van der Waals surface area contributed by atoms with Gasteiger partial charge >= 0.3 is 12.2 Å². The quantitative estimate of drug-likeness (QED) is 0.699. The smallest absolute Gasteiger partial charge is 0.387 e. The molecule has 0 atom stereocenters. The van der Waals surface area contributed by atoms with Crippen LogP contribution in [0.5, 0.6) is 5.75 Å². The maximum Gasteiger partial charge on any atom is 0.387 e. The summed E-state index contributed by atoms with van der Waals surface area (Å²) in [5.41, 5.74) is -0.812. The number of nitrogens with zero attached hydrogens (tertiary/aromatic N) is 1. The van der Waals surface area contributed by atoms with Crippen LogP contribution in [0.15, 0.2) is 10.9 Å². The Hall–Kier alpha value is -1.50. The molecule has 0 spiro atoms. The van der Waals surface area contributed by atoms with Crippen LogP contribution in [-0.2, 0) is 6.61 Å². The first-order valence-electron chi connectivity index (χ1n) is 3.27. The highest BCUT2D eigenvalue weighted by Gasteiger charge is 2.09. The van der Waals surface area contributed by atoms with E-state index in [2.05, 4.69) is 9.84 Å². The fourth-order valence-corrected chi connectivity index (χ4v) is 0.691. The number of H-pyrrole nitrogens is 1. The van der Waals surface area contributed by atoms with Gasteiger partial charge in [0, 0.05) is 6.07 Å². The second-order valence-corrected chi connectivity index (χ2v) is 2.09. The molecule has 0 radical (unpaired) electrons. The van der Waals surface area contributed by atoms with Gasteiger partial charge in [0.05, 0.1) is 12.3 Å².